The fraction of sp³-hybridized carbons (Fsp3) is 0.160. The van der Waals surface area contributed by atoms with Crippen molar-refractivity contribution in [2.24, 2.45) is 5.92 Å². The van der Waals surface area contributed by atoms with Crippen molar-refractivity contribution in [2.45, 2.75) is 10.3 Å². The number of carbonyl (C=O) groups excluding carboxylic acids is 2. The molecule has 0 aliphatic heterocycles. The summed E-state index contributed by atoms with van der Waals surface area (Å²) in [6.45, 7) is 0. The van der Waals surface area contributed by atoms with Crippen LogP contribution in [0.4, 0.5) is 15.8 Å². The first-order valence-corrected chi connectivity index (χ1v) is 11.8. The van der Waals surface area contributed by atoms with Crippen molar-refractivity contribution in [1.29, 1.82) is 5.26 Å². The molecule has 0 saturated heterocycles. The second kappa shape index (κ2) is 9.67. The van der Waals surface area contributed by atoms with Gasteiger partial charge in [0.15, 0.2) is 0 Å². The van der Waals surface area contributed by atoms with Crippen molar-refractivity contribution in [1.82, 2.24) is 0 Å². The second-order valence-electron chi connectivity index (χ2n) is 8.04. The summed E-state index contributed by atoms with van der Waals surface area (Å²) in [5, 5.41) is 12.4. The lowest BCUT2D eigenvalue weighted by Gasteiger charge is -2.18. The number of rotatable bonds is 5. The monoisotopic (exact) mass is 549 g/mol. The van der Waals surface area contributed by atoms with Gasteiger partial charge in [0.25, 0.3) is 5.91 Å². The quantitative estimate of drug-likeness (QED) is 0.355. The first-order valence-electron chi connectivity index (χ1n) is 10.3. The molecule has 0 radical (unpaired) electrons. The highest BCUT2D eigenvalue weighted by Crippen LogP contribution is 2.65. The van der Waals surface area contributed by atoms with Gasteiger partial charge in [0.1, 0.15) is 10.2 Å². The molecule has 1 fully saturated rings. The Balaban J connectivity index is 1.54. The summed E-state index contributed by atoms with van der Waals surface area (Å²) in [6.07, 6.45) is 0. The third-order valence-corrected chi connectivity index (χ3v) is 7.22. The van der Waals surface area contributed by atoms with Crippen LogP contribution >= 0.6 is 46.4 Å². The molecule has 35 heavy (non-hydrogen) atoms. The normalized spacial score (nSPS) is 17.9. The maximum atomic E-state index is 13.2. The number of hydrogen-bond donors (Lipinski definition) is 1. The lowest BCUT2D eigenvalue weighted by atomic mass is 10.1. The van der Waals surface area contributed by atoms with Crippen molar-refractivity contribution in [3.8, 4) is 6.07 Å². The van der Waals surface area contributed by atoms with Crippen molar-refractivity contribution in [3.05, 3.63) is 93.2 Å². The Morgan fingerprint density at radius 1 is 1.06 bits per heavy atom. The van der Waals surface area contributed by atoms with Gasteiger partial charge in [-0.25, -0.2) is 4.39 Å². The molecule has 3 aromatic rings. The summed E-state index contributed by atoms with van der Waals surface area (Å²) < 4.78 is 11.8. The maximum Gasteiger partial charge on any atom is 0.259 e. The molecule has 5 nitrogen and oxygen atoms in total. The molecule has 3 aromatic carbocycles. The average Bonchev–Trinajstić information content (AvgIpc) is 3.41. The van der Waals surface area contributed by atoms with Crippen LogP contribution in [0, 0.1) is 23.1 Å². The summed E-state index contributed by atoms with van der Waals surface area (Å²) in [5.41, 5.74) is 1.82. The Hall–Kier alpha value is -2.82. The zero-order valence-corrected chi connectivity index (χ0v) is 21.1. The standard InChI is InChI=1S/C25H16Cl4FN3O2/c1-33(18-5-2-16(30)3-6-18)24(35)19-11-17(4-7-20(19)27)32-23(34)22-21(25(22,28)29)14-8-13(12-31)9-15(26)10-14/h2-11,21-22H,1H3,(H,32,34). The summed E-state index contributed by atoms with van der Waals surface area (Å²) in [4.78, 5) is 27.4. The largest absolute Gasteiger partial charge is 0.326 e. The molecule has 0 bridgehead atoms. The van der Waals surface area contributed by atoms with Crippen LogP contribution in [0.2, 0.25) is 10.0 Å². The van der Waals surface area contributed by atoms with Gasteiger partial charge in [-0.05, 0) is 66.2 Å². The van der Waals surface area contributed by atoms with Crippen LogP contribution in [0.1, 0.15) is 27.4 Å². The van der Waals surface area contributed by atoms with E-state index >= 15 is 0 Å². The van der Waals surface area contributed by atoms with Gasteiger partial charge in [0.05, 0.1) is 28.1 Å². The molecule has 2 atom stereocenters. The van der Waals surface area contributed by atoms with E-state index in [9.17, 15) is 19.2 Å². The Morgan fingerprint density at radius 2 is 1.74 bits per heavy atom. The average molecular weight is 551 g/mol. The molecule has 2 unspecified atom stereocenters. The van der Waals surface area contributed by atoms with Gasteiger partial charge < -0.3 is 10.2 Å². The molecule has 4 rings (SSSR count). The van der Waals surface area contributed by atoms with E-state index in [1.807, 2.05) is 6.07 Å². The van der Waals surface area contributed by atoms with Crippen LogP contribution in [-0.4, -0.2) is 23.2 Å². The van der Waals surface area contributed by atoms with E-state index in [1.165, 1.54) is 54.4 Å². The summed E-state index contributed by atoms with van der Waals surface area (Å²) >= 11 is 25.2. The lowest BCUT2D eigenvalue weighted by Crippen LogP contribution is -2.26. The topological polar surface area (TPSA) is 73.2 Å². The predicted octanol–water partition coefficient (Wildman–Crippen LogP) is 6.81. The molecule has 10 heteroatoms. The molecular formula is C25H16Cl4FN3O2. The lowest BCUT2D eigenvalue weighted by molar-refractivity contribution is -0.117. The van der Waals surface area contributed by atoms with Crippen LogP contribution in [0.3, 0.4) is 0 Å². The number of halogens is 5. The molecule has 0 spiro atoms. The van der Waals surface area contributed by atoms with E-state index in [4.69, 9.17) is 46.4 Å². The highest BCUT2D eigenvalue weighted by atomic mass is 35.5. The number of benzene rings is 3. The fourth-order valence-corrected chi connectivity index (χ4v) is 5.14. The van der Waals surface area contributed by atoms with Gasteiger partial charge in [0, 0.05) is 29.4 Å². The number of amides is 2. The first-order chi connectivity index (χ1) is 16.5. The third-order valence-electron chi connectivity index (χ3n) is 5.73. The SMILES string of the molecule is CN(C(=O)c1cc(NC(=O)C2C(c3cc(Cl)cc(C#N)c3)C2(Cl)Cl)ccc1Cl)c1ccc(F)cc1. The zero-order valence-electron chi connectivity index (χ0n) is 18.0. The van der Waals surface area contributed by atoms with Crippen LogP contribution in [-0.2, 0) is 4.79 Å². The van der Waals surface area contributed by atoms with Gasteiger partial charge >= 0.3 is 0 Å². The fourth-order valence-electron chi connectivity index (χ4n) is 3.87. The molecular weight excluding hydrogens is 535 g/mol. The maximum absolute atomic E-state index is 13.2. The number of nitrogens with zero attached hydrogens (tertiary/aromatic N) is 2. The highest BCUT2D eigenvalue weighted by Gasteiger charge is 2.67. The Labute approximate surface area is 220 Å². The van der Waals surface area contributed by atoms with E-state index in [1.54, 1.807) is 18.2 Å². The molecule has 2 amide bonds. The van der Waals surface area contributed by atoms with E-state index in [-0.39, 0.29) is 10.6 Å². The predicted molar refractivity (Wildman–Crippen MR) is 136 cm³/mol. The summed E-state index contributed by atoms with van der Waals surface area (Å²) in [6, 6.07) is 16.6. The van der Waals surface area contributed by atoms with E-state index < -0.39 is 33.8 Å². The number of anilines is 2. The molecule has 1 aliphatic rings. The molecule has 1 N–H and O–H groups in total. The molecule has 0 heterocycles. The first kappa shape index (κ1) is 25.3. The zero-order chi connectivity index (χ0) is 25.5. The van der Waals surface area contributed by atoms with Crippen LogP contribution in [0.15, 0.2) is 60.7 Å². The van der Waals surface area contributed by atoms with Gasteiger partial charge in [0.2, 0.25) is 5.91 Å². The molecule has 1 saturated carbocycles. The Morgan fingerprint density at radius 3 is 2.40 bits per heavy atom. The smallest absolute Gasteiger partial charge is 0.259 e. The van der Waals surface area contributed by atoms with E-state index in [2.05, 4.69) is 5.32 Å². The van der Waals surface area contributed by atoms with Gasteiger partial charge in [-0.1, -0.05) is 23.2 Å². The third kappa shape index (κ3) is 5.10. The number of nitrogens with one attached hydrogen (secondary N) is 1. The molecule has 1 aliphatic carbocycles. The molecule has 178 valence electrons. The second-order valence-corrected chi connectivity index (χ2v) is 10.3. The van der Waals surface area contributed by atoms with Crippen LogP contribution in [0.5, 0.6) is 0 Å². The van der Waals surface area contributed by atoms with Gasteiger partial charge in [-0.2, -0.15) is 5.26 Å². The summed E-state index contributed by atoms with van der Waals surface area (Å²) in [5.74, 6) is -2.73. The summed E-state index contributed by atoms with van der Waals surface area (Å²) in [7, 11) is 1.53. The minimum Gasteiger partial charge on any atom is -0.326 e. The van der Waals surface area contributed by atoms with Crippen LogP contribution < -0.4 is 10.2 Å². The van der Waals surface area contributed by atoms with Crippen molar-refractivity contribution < 1.29 is 14.0 Å². The minimum absolute atomic E-state index is 0.139. The van der Waals surface area contributed by atoms with Crippen molar-refractivity contribution in [2.75, 3.05) is 17.3 Å². The number of alkyl halides is 2. The number of hydrogen-bond acceptors (Lipinski definition) is 3. The van der Waals surface area contributed by atoms with Crippen molar-refractivity contribution >= 4 is 69.6 Å². The number of carbonyl (C=O) groups is 2. The van der Waals surface area contributed by atoms with Gasteiger partial charge in [-0.15, -0.1) is 23.2 Å². The Bertz CT molecular complexity index is 1370. The van der Waals surface area contributed by atoms with E-state index in [0.29, 0.717) is 27.5 Å². The minimum atomic E-state index is -1.39. The highest BCUT2D eigenvalue weighted by molar-refractivity contribution is 6.53. The van der Waals surface area contributed by atoms with Crippen molar-refractivity contribution in [3.63, 3.8) is 0 Å². The van der Waals surface area contributed by atoms with E-state index in [0.717, 1.165) is 0 Å². The number of nitriles is 1. The Kier molecular flexibility index (Phi) is 6.99. The van der Waals surface area contributed by atoms with Gasteiger partial charge in [-0.3, -0.25) is 9.59 Å². The molecule has 0 aromatic heterocycles. The van der Waals surface area contributed by atoms with Crippen LogP contribution in [0.25, 0.3) is 0 Å².